The molecule has 0 atom stereocenters. The number of nitrogens with one attached hydrogen (secondary N) is 1. The van der Waals surface area contributed by atoms with Crippen molar-refractivity contribution >= 4 is 5.91 Å². The molecule has 0 saturated heterocycles. The first-order valence-corrected chi connectivity index (χ1v) is 4.51. The topological polar surface area (TPSA) is 29.1 Å². The first-order valence-electron chi connectivity index (χ1n) is 4.51. The Balaban J connectivity index is 0.00000256. The van der Waals surface area contributed by atoms with Gasteiger partial charge in [0.2, 0.25) is 0 Å². The van der Waals surface area contributed by atoms with Crippen LogP contribution in [0.25, 0.3) is 0 Å². The number of benzene rings is 1. The number of carbonyl (C=O) groups excluding carboxylic acids is 1. The maximum Gasteiger partial charge on any atom is 0.417 e. The lowest BCUT2D eigenvalue weighted by Gasteiger charge is -2.12. The average molecular weight is 251 g/mol. The third kappa shape index (κ3) is 3.44. The number of hydrogen-bond acceptors (Lipinski definition) is 1. The summed E-state index contributed by atoms with van der Waals surface area (Å²) in [6, 6.07) is 2.41. The van der Waals surface area contributed by atoms with E-state index in [0.717, 1.165) is 12.1 Å². The molecule has 0 aliphatic carbocycles. The lowest BCUT2D eigenvalue weighted by Crippen LogP contribution is -2.27. The molecule has 0 aliphatic heterocycles. The van der Waals surface area contributed by atoms with Crippen molar-refractivity contribution in [2.75, 3.05) is 6.54 Å². The van der Waals surface area contributed by atoms with Crippen LogP contribution >= 0.6 is 0 Å². The van der Waals surface area contributed by atoms with Crippen molar-refractivity contribution in [1.82, 2.24) is 5.32 Å². The molecule has 0 bridgehead atoms. The van der Waals surface area contributed by atoms with Gasteiger partial charge in [-0.2, -0.15) is 13.2 Å². The van der Waals surface area contributed by atoms with E-state index in [4.69, 9.17) is 0 Å². The molecule has 0 fully saturated rings. The van der Waals surface area contributed by atoms with Crippen molar-refractivity contribution < 1.29 is 22.4 Å². The van der Waals surface area contributed by atoms with Crippen LogP contribution in [0.15, 0.2) is 18.2 Å². The van der Waals surface area contributed by atoms with E-state index in [2.05, 4.69) is 5.32 Å². The van der Waals surface area contributed by atoms with Crippen molar-refractivity contribution in [2.24, 2.45) is 0 Å². The Kier molecular flexibility index (Phi) is 5.12. The lowest BCUT2D eigenvalue weighted by atomic mass is 10.1. The van der Waals surface area contributed by atoms with Crippen molar-refractivity contribution in [1.29, 1.82) is 0 Å². The molecule has 17 heavy (non-hydrogen) atoms. The van der Waals surface area contributed by atoms with E-state index in [1.165, 1.54) is 6.92 Å². The van der Waals surface area contributed by atoms with Gasteiger partial charge < -0.3 is 5.32 Å². The fraction of sp³-hybridized carbons (Fsp3) is 0.364. The van der Waals surface area contributed by atoms with Gasteiger partial charge in [-0.1, -0.05) is 13.5 Å². The smallest absolute Gasteiger partial charge is 0.352 e. The van der Waals surface area contributed by atoms with Gasteiger partial charge in [0.05, 0.1) is 11.1 Å². The monoisotopic (exact) mass is 251 g/mol. The van der Waals surface area contributed by atoms with Gasteiger partial charge >= 0.3 is 6.18 Å². The molecular formula is C11H13F4NO. The number of alkyl halides is 3. The van der Waals surface area contributed by atoms with Gasteiger partial charge in [-0.3, -0.25) is 4.79 Å². The first kappa shape index (κ1) is 15.4. The molecule has 0 radical (unpaired) electrons. The highest BCUT2D eigenvalue weighted by Gasteiger charge is 2.36. The highest BCUT2D eigenvalue weighted by molar-refractivity contribution is 5.96. The standard InChI is InChI=1S/C10H9F4NO.CH4/c1-2-15-9(16)8-6(10(12,13)14)4-3-5-7(8)11;/h3-5H,2H2,1H3,(H,15,16);1H4. The summed E-state index contributed by atoms with van der Waals surface area (Å²) in [5, 5.41) is 2.14. The minimum absolute atomic E-state index is 0. The third-order valence-electron chi connectivity index (χ3n) is 1.88. The van der Waals surface area contributed by atoms with Gasteiger partial charge in [-0.05, 0) is 19.1 Å². The maximum absolute atomic E-state index is 13.2. The Labute approximate surface area is 96.6 Å². The summed E-state index contributed by atoms with van der Waals surface area (Å²) in [6.45, 7) is 1.66. The van der Waals surface area contributed by atoms with Crippen LogP contribution in [0, 0.1) is 5.82 Å². The number of halogens is 4. The van der Waals surface area contributed by atoms with Crippen molar-refractivity contribution in [2.45, 2.75) is 20.5 Å². The molecule has 1 rings (SSSR count). The molecule has 0 unspecified atom stereocenters. The van der Waals surface area contributed by atoms with E-state index in [-0.39, 0.29) is 14.0 Å². The van der Waals surface area contributed by atoms with Gasteiger partial charge in [0.1, 0.15) is 5.82 Å². The van der Waals surface area contributed by atoms with Gasteiger partial charge in [-0.25, -0.2) is 4.39 Å². The molecule has 1 aromatic rings. The summed E-state index contributed by atoms with van der Waals surface area (Å²) < 4.78 is 50.6. The van der Waals surface area contributed by atoms with Crippen LogP contribution in [0.4, 0.5) is 17.6 Å². The second-order valence-corrected chi connectivity index (χ2v) is 3.02. The Morgan fingerprint density at radius 3 is 2.41 bits per heavy atom. The first-order chi connectivity index (χ1) is 7.38. The van der Waals surface area contributed by atoms with E-state index in [9.17, 15) is 22.4 Å². The van der Waals surface area contributed by atoms with Crippen LogP contribution < -0.4 is 5.32 Å². The molecule has 1 amide bonds. The van der Waals surface area contributed by atoms with Crippen LogP contribution in [0.2, 0.25) is 0 Å². The highest BCUT2D eigenvalue weighted by atomic mass is 19.4. The second-order valence-electron chi connectivity index (χ2n) is 3.02. The van der Waals surface area contributed by atoms with Gasteiger partial charge in [0, 0.05) is 6.54 Å². The van der Waals surface area contributed by atoms with Gasteiger partial charge in [-0.15, -0.1) is 0 Å². The van der Waals surface area contributed by atoms with Crippen molar-refractivity contribution in [3.63, 3.8) is 0 Å². The zero-order valence-electron chi connectivity index (χ0n) is 8.36. The van der Waals surface area contributed by atoms with Crippen LogP contribution in [0.3, 0.4) is 0 Å². The van der Waals surface area contributed by atoms with E-state index in [0.29, 0.717) is 6.07 Å². The maximum atomic E-state index is 13.2. The molecular weight excluding hydrogens is 238 g/mol. The minimum Gasteiger partial charge on any atom is -0.352 e. The zero-order chi connectivity index (χ0) is 12.3. The summed E-state index contributed by atoms with van der Waals surface area (Å²) in [4.78, 5) is 11.3. The third-order valence-corrected chi connectivity index (χ3v) is 1.88. The van der Waals surface area contributed by atoms with Gasteiger partial charge in [0.25, 0.3) is 5.91 Å². The molecule has 1 N–H and O–H groups in total. The van der Waals surface area contributed by atoms with Crippen LogP contribution in [-0.4, -0.2) is 12.5 Å². The van der Waals surface area contributed by atoms with Crippen LogP contribution in [-0.2, 0) is 6.18 Å². The largest absolute Gasteiger partial charge is 0.417 e. The molecule has 6 heteroatoms. The molecule has 96 valence electrons. The number of carbonyl (C=O) groups is 1. The number of rotatable bonds is 2. The summed E-state index contributed by atoms with van der Waals surface area (Å²) in [7, 11) is 0. The predicted molar refractivity (Wildman–Crippen MR) is 56.1 cm³/mol. The Hall–Kier alpha value is -1.59. The molecule has 0 saturated carbocycles. The van der Waals surface area contributed by atoms with Crippen molar-refractivity contribution in [3.8, 4) is 0 Å². The van der Waals surface area contributed by atoms with Gasteiger partial charge in [0.15, 0.2) is 0 Å². The van der Waals surface area contributed by atoms with E-state index < -0.39 is 29.0 Å². The van der Waals surface area contributed by atoms with Crippen molar-refractivity contribution in [3.05, 3.63) is 35.1 Å². The quantitative estimate of drug-likeness (QED) is 0.803. The van der Waals surface area contributed by atoms with Crippen LogP contribution in [0.1, 0.15) is 30.3 Å². The minimum atomic E-state index is -4.75. The number of hydrogen-bond donors (Lipinski definition) is 1. The molecule has 1 aromatic carbocycles. The molecule has 0 spiro atoms. The Morgan fingerprint density at radius 2 is 1.94 bits per heavy atom. The fourth-order valence-electron chi connectivity index (χ4n) is 1.24. The second kappa shape index (κ2) is 5.65. The molecule has 0 aromatic heterocycles. The van der Waals surface area contributed by atoms with E-state index >= 15 is 0 Å². The number of amides is 1. The van der Waals surface area contributed by atoms with Crippen LogP contribution in [0.5, 0.6) is 0 Å². The summed E-state index contributed by atoms with van der Waals surface area (Å²) in [5.41, 5.74) is -2.23. The summed E-state index contributed by atoms with van der Waals surface area (Å²) >= 11 is 0. The van der Waals surface area contributed by atoms with E-state index in [1.54, 1.807) is 0 Å². The predicted octanol–water partition coefficient (Wildman–Crippen LogP) is 3.23. The molecule has 2 nitrogen and oxygen atoms in total. The fourth-order valence-corrected chi connectivity index (χ4v) is 1.24. The zero-order valence-corrected chi connectivity index (χ0v) is 8.36. The Bertz CT molecular complexity index is 401. The lowest BCUT2D eigenvalue weighted by molar-refractivity contribution is -0.138. The normalized spacial score (nSPS) is 10.6. The van der Waals surface area contributed by atoms with E-state index in [1.807, 2.05) is 0 Å². The molecule has 0 aliphatic rings. The Morgan fingerprint density at radius 1 is 1.35 bits per heavy atom. The molecule has 0 heterocycles. The SMILES string of the molecule is C.CCNC(=O)c1c(F)cccc1C(F)(F)F. The highest BCUT2D eigenvalue weighted by Crippen LogP contribution is 2.32. The summed E-state index contributed by atoms with van der Waals surface area (Å²) in [5.74, 6) is -2.24. The summed E-state index contributed by atoms with van der Waals surface area (Å²) in [6.07, 6.45) is -4.75. The average Bonchev–Trinajstić information content (AvgIpc) is 2.16.